The molecule has 0 fully saturated rings. The summed E-state index contributed by atoms with van der Waals surface area (Å²) < 4.78 is 0. The Morgan fingerprint density at radius 3 is 2.50 bits per heavy atom. The lowest BCUT2D eigenvalue weighted by molar-refractivity contribution is -0.138. The Balaban J connectivity index is 3.32. The molecule has 0 bridgehead atoms. The van der Waals surface area contributed by atoms with Crippen molar-refractivity contribution in [3.8, 4) is 0 Å². The largest absolute Gasteiger partial charge is 0.480 e. The number of unbranched alkanes of at least 4 members (excludes halogenated alkanes) is 4. The minimum Gasteiger partial charge on any atom is -0.480 e. The molecule has 0 radical (unpaired) electrons. The third-order valence-corrected chi connectivity index (χ3v) is 2.84. The molecule has 0 saturated heterocycles. The van der Waals surface area contributed by atoms with E-state index in [0.29, 0.717) is 19.4 Å². The van der Waals surface area contributed by atoms with Gasteiger partial charge in [0.05, 0.1) is 0 Å². The lowest BCUT2D eigenvalue weighted by Crippen LogP contribution is -2.30. The summed E-state index contributed by atoms with van der Waals surface area (Å²) in [5, 5.41) is 11.4. The SMILES string of the molecule is CCCCCCC(=O)NCCCCC(N)C(=O)O. The number of amides is 1. The van der Waals surface area contributed by atoms with E-state index in [1.807, 2.05) is 0 Å². The van der Waals surface area contributed by atoms with Crippen LogP contribution < -0.4 is 11.1 Å². The van der Waals surface area contributed by atoms with Crippen LogP contribution in [-0.4, -0.2) is 29.6 Å². The summed E-state index contributed by atoms with van der Waals surface area (Å²) in [7, 11) is 0. The maximum Gasteiger partial charge on any atom is 0.320 e. The molecule has 0 aliphatic rings. The Morgan fingerprint density at radius 1 is 1.17 bits per heavy atom. The first-order valence-corrected chi connectivity index (χ1v) is 6.83. The zero-order valence-corrected chi connectivity index (χ0v) is 11.3. The summed E-state index contributed by atoms with van der Waals surface area (Å²) >= 11 is 0. The molecule has 1 unspecified atom stereocenters. The Kier molecular flexibility index (Phi) is 10.3. The minimum absolute atomic E-state index is 0.0913. The van der Waals surface area contributed by atoms with Crippen LogP contribution in [0, 0.1) is 0 Å². The van der Waals surface area contributed by atoms with Gasteiger partial charge >= 0.3 is 5.97 Å². The average Bonchev–Trinajstić information content (AvgIpc) is 2.33. The third kappa shape index (κ3) is 10.1. The molecule has 5 nitrogen and oxygen atoms in total. The molecule has 0 spiro atoms. The van der Waals surface area contributed by atoms with Crippen molar-refractivity contribution in [1.29, 1.82) is 0 Å². The van der Waals surface area contributed by atoms with Gasteiger partial charge in [-0.25, -0.2) is 0 Å². The number of nitrogens with one attached hydrogen (secondary N) is 1. The molecule has 0 aromatic rings. The van der Waals surface area contributed by atoms with Crippen LogP contribution in [0.15, 0.2) is 0 Å². The van der Waals surface area contributed by atoms with Crippen molar-refractivity contribution in [2.45, 2.75) is 64.3 Å². The van der Waals surface area contributed by atoms with Gasteiger partial charge in [-0.1, -0.05) is 26.2 Å². The molecule has 1 amide bonds. The summed E-state index contributed by atoms with van der Waals surface area (Å²) in [5.41, 5.74) is 5.37. The molecule has 0 aromatic carbocycles. The van der Waals surface area contributed by atoms with Gasteiger partial charge in [-0.15, -0.1) is 0 Å². The van der Waals surface area contributed by atoms with Crippen molar-refractivity contribution in [3.05, 3.63) is 0 Å². The fourth-order valence-electron chi connectivity index (χ4n) is 1.64. The van der Waals surface area contributed by atoms with Crippen LogP contribution in [0.1, 0.15) is 58.3 Å². The molecule has 106 valence electrons. The van der Waals surface area contributed by atoms with E-state index < -0.39 is 12.0 Å². The van der Waals surface area contributed by atoms with E-state index in [-0.39, 0.29) is 5.91 Å². The topological polar surface area (TPSA) is 92.4 Å². The molecule has 0 aromatic heterocycles. The summed E-state index contributed by atoms with van der Waals surface area (Å²) in [4.78, 5) is 21.8. The molecule has 0 heterocycles. The molecule has 1 atom stereocenters. The van der Waals surface area contributed by atoms with E-state index in [9.17, 15) is 9.59 Å². The number of hydrogen-bond donors (Lipinski definition) is 3. The standard InChI is InChI=1S/C13H26N2O3/c1-2-3-4-5-9-12(16)15-10-7-6-8-11(14)13(17)18/h11H,2-10,14H2,1H3,(H,15,16)(H,17,18). The number of hydrogen-bond acceptors (Lipinski definition) is 3. The Bertz CT molecular complexity index is 244. The van der Waals surface area contributed by atoms with Crippen molar-refractivity contribution in [1.82, 2.24) is 5.32 Å². The number of carboxylic acid groups (broad SMARTS) is 1. The zero-order chi connectivity index (χ0) is 13.8. The second kappa shape index (κ2) is 11.0. The molecule has 0 aliphatic heterocycles. The van der Waals surface area contributed by atoms with Gasteiger partial charge in [-0.3, -0.25) is 9.59 Å². The van der Waals surface area contributed by atoms with Gasteiger partial charge in [0, 0.05) is 13.0 Å². The van der Waals surface area contributed by atoms with Crippen LogP contribution in [0.25, 0.3) is 0 Å². The molecule has 0 aliphatic carbocycles. The third-order valence-electron chi connectivity index (χ3n) is 2.84. The fourth-order valence-corrected chi connectivity index (χ4v) is 1.64. The summed E-state index contributed by atoms with van der Waals surface area (Å²) in [6.07, 6.45) is 6.97. The van der Waals surface area contributed by atoms with Crippen molar-refractivity contribution in [3.63, 3.8) is 0 Å². The van der Waals surface area contributed by atoms with E-state index in [2.05, 4.69) is 12.2 Å². The average molecular weight is 258 g/mol. The Morgan fingerprint density at radius 2 is 1.89 bits per heavy atom. The summed E-state index contributed by atoms with van der Waals surface area (Å²) in [5.74, 6) is -0.872. The maximum absolute atomic E-state index is 11.4. The van der Waals surface area contributed by atoms with Gasteiger partial charge in [-0.2, -0.15) is 0 Å². The summed E-state index contributed by atoms with van der Waals surface area (Å²) in [6, 6.07) is -0.783. The lowest BCUT2D eigenvalue weighted by Gasteiger charge is -2.07. The van der Waals surface area contributed by atoms with Crippen molar-refractivity contribution >= 4 is 11.9 Å². The van der Waals surface area contributed by atoms with Crippen molar-refractivity contribution in [2.24, 2.45) is 5.73 Å². The highest BCUT2D eigenvalue weighted by Gasteiger charge is 2.10. The van der Waals surface area contributed by atoms with E-state index in [1.165, 1.54) is 12.8 Å². The van der Waals surface area contributed by atoms with E-state index in [0.717, 1.165) is 25.7 Å². The smallest absolute Gasteiger partial charge is 0.320 e. The number of nitrogens with two attached hydrogens (primary N) is 1. The molecule has 4 N–H and O–H groups in total. The van der Waals surface area contributed by atoms with Crippen LogP contribution in [0.4, 0.5) is 0 Å². The first kappa shape index (κ1) is 16.9. The van der Waals surface area contributed by atoms with Gasteiger partial charge in [0.2, 0.25) is 5.91 Å². The van der Waals surface area contributed by atoms with Crippen LogP contribution in [-0.2, 0) is 9.59 Å². The van der Waals surface area contributed by atoms with Crippen LogP contribution in [0.3, 0.4) is 0 Å². The van der Waals surface area contributed by atoms with Crippen molar-refractivity contribution < 1.29 is 14.7 Å². The normalized spacial score (nSPS) is 12.1. The highest BCUT2D eigenvalue weighted by Crippen LogP contribution is 2.02. The zero-order valence-electron chi connectivity index (χ0n) is 11.3. The summed E-state index contributed by atoms with van der Waals surface area (Å²) in [6.45, 7) is 2.75. The van der Waals surface area contributed by atoms with Gasteiger partial charge in [-0.05, 0) is 25.7 Å². The minimum atomic E-state index is -0.963. The highest BCUT2D eigenvalue weighted by molar-refractivity contribution is 5.75. The second-order valence-corrected chi connectivity index (χ2v) is 4.60. The van der Waals surface area contributed by atoms with Gasteiger partial charge in [0.15, 0.2) is 0 Å². The van der Waals surface area contributed by atoms with Gasteiger partial charge < -0.3 is 16.2 Å². The number of rotatable bonds is 11. The van der Waals surface area contributed by atoms with Gasteiger partial charge in [0.1, 0.15) is 6.04 Å². The van der Waals surface area contributed by atoms with E-state index in [4.69, 9.17) is 10.8 Å². The molecule has 5 heteroatoms. The van der Waals surface area contributed by atoms with Gasteiger partial charge in [0.25, 0.3) is 0 Å². The predicted molar refractivity (Wildman–Crippen MR) is 71.2 cm³/mol. The lowest BCUT2D eigenvalue weighted by atomic mass is 10.1. The van der Waals surface area contributed by atoms with Crippen LogP contribution in [0.5, 0.6) is 0 Å². The number of carbonyl (C=O) groups excluding carboxylic acids is 1. The number of aliphatic carboxylic acids is 1. The van der Waals surface area contributed by atoms with Crippen LogP contribution >= 0.6 is 0 Å². The maximum atomic E-state index is 11.4. The van der Waals surface area contributed by atoms with E-state index in [1.54, 1.807) is 0 Å². The fraction of sp³-hybridized carbons (Fsp3) is 0.846. The molecule has 18 heavy (non-hydrogen) atoms. The first-order valence-electron chi connectivity index (χ1n) is 6.83. The monoisotopic (exact) mass is 258 g/mol. The predicted octanol–water partition coefficient (Wildman–Crippen LogP) is 1.66. The molecular formula is C13H26N2O3. The Labute approximate surface area is 109 Å². The van der Waals surface area contributed by atoms with E-state index >= 15 is 0 Å². The second-order valence-electron chi connectivity index (χ2n) is 4.60. The molecule has 0 rings (SSSR count). The Hall–Kier alpha value is -1.10. The number of carboxylic acids is 1. The quantitative estimate of drug-likeness (QED) is 0.491. The first-order chi connectivity index (χ1) is 8.57. The highest BCUT2D eigenvalue weighted by atomic mass is 16.4. The number of carbonyl (C=O) groups is 2. The van der Waals surface area contributed by atoms with Crippen molar-refractivity contribution in [2.75, 3.05) is 6.54 Å². The molecular weight excluding hydrogens is 232 g/mol. The van der Waals surface area contributed by atoms with Crippen LogP contribution in [0.2, 0.25) is 0 Å². The molecule has 0 saturated carbocycles.